The smallest absolute Gasteiger partial charge is 0.0594 e. The average Bonchev–Trinajstić information content (AvgIpc) is 2.55. The number of nitrogens with two attached hydrogens (primary N) is 1. The van der Waals surface area contributed by atoms with Crippen molar-refractivity contribution in [1.82, 2.24) is 9.88 Å². The number of fused-ring (bicyclic) bond motifs is 1. The van der Waals surface area contributed by atoms with Crippen molar-refractivity contribution in [3.63, 3.8) is 0 Å². The number of rotatable bonds is 5. The number of morpholine rings is 1. The second-order valence-electron chi connectivity index (χ2n) is 5.36. The molecule has 1 aromatic heterocycles. The van der Waals surface area contributed by atoms with Crippen LogP contribution >= 0.6 is 0 Å². The zero-order chi connectivity index (χ0) is 14.5. The van der Waals surface area contributed by atoms with Crippen LogP contribution in [-0.2, 0) is 4.74 Å². The van der Waals surface area contributed by atoms with Gasteiger partial charge in [0.1, 0.15) is 0 Å². The summed E-state index contributed by atoms with van der Waals surface area (Å²) in [5.41, 5.74) is 7.91. The molecule has 1 saturated heterocycles. The number of anilines is 2. The van der Waals surface area contributed by atoms with Crippen molar-refractivity contribution >= 4 is 22.1 Å². The molecule has 112 valence electrons. The van der Waals surface area contributed by atoms with Gasteiger partial charge in [0.15, 0.2) is 0 Å². The van der Waals surface area contributed by atoms with Crippen molar-refractivity contribution < 1.29 is 4.74 Å². The Morgan fingerprint density at radius 2 is 2.05 bits per heavy atom. The molecule has 0 radical (unpaired) electrons. The summed E-state index contributed by atoms with van der Waals surface area (Å²) in [6, 6.07) is 5.95. The normalized spacial score (nSPS) is 16.2. The minimum atomic E-state index is 0.797. The Morgan fingerprint density at radius 1 is 1.19 bits per heavy atom. The Labute approximate surface area is 125 Å². The first-order chi connectivity index (χ1) is 10.3. The van der Waals surface area contributed by atoms with E-state index in [1.165, 1.54) is 0 Å². The zero-order valence-corrected chi connectivity index (χ0v) is 12.2. The SMILES string of the molecule is Nc1ccc(NCCCN2CCOCC2)c2cnccc12. The minimum Gasteiger partial charge on any atom is -0.398 e. The summed E-state index contributed by atoms with van der Waals surface area (Å²) < 4.78 is 5.36. The molecule has 1 aliphatic heterocycles. The largest absolute Gasteiger partial charge is 0.398 e. The van der Waals surface area contributed by atoms with Crippen molar-refractivity contribution in [1.29, 1.82) is 0 Å². The second kappa shape index (κ2) is 6.74. The number of nitrogens with one attached hydrogen (secondary N) is 1. The van der Waals surface area contributed by atoms with Crippen LogP contribution < -0.4 is 11.1 Å². The van der Waals surface area contributed by atoms with E-state index in [9.17, 15) is 0 Å². The van der Waals surface area contributed by atoms with Crippen LogP contribution in [0.15, 0.2) is 30.6 Å². The highest BCUT2D eigenvalue weighted by Gasteiger charge is 2.09. The molecule has 0 spiro atoms. The molecule has 2 aromatic rings. The first kappa shape index (κ1) is 14.1. The quantitative estimate of drug-likeness (QED) is 0.650. The Morgan fingerprint density at radius 3 is 2.90 bits per heavy atom. The Balaban J connectivity index is 1.57. The van der Waals surface area contributed by atoms with Gasteiger partial charge in [0.25, 0.3) is 0 Å². The van der Waals surface area contributed by atoms with E-state index in [4.69, 9.17) is 10.5 Å². The van der Waals surface area contributed by atoms with E-state index in [0.717, 1.165) is 68.0 Å². The first-order valence-electron chi connectivity index (χ1n) is 7.51. The van der Waals surface area contributed by atoms with Crippen LogP contribution in [0.5, 0.6) is 0 Å². The van der Waals surface area contributed by atoms with E-state index in [2.05, 4.69) is 15.2 Å². The van der Waals surface area contributed by atoms with Gasteiger partial charge in [-0.05, 0) is 31.2 Å². The number of aromatic nitrogens is 1. The molecule has 0 atom stereocenters. The number of benzene rings is 1. The van der Waals surface area contributed by atoms with Crippen LogP contribution in [0.3, 0.4) is 0 Å². The van der Waals surface area contributed by atoms with Crippen LogP contribution in [0.25, 0.3) is 10.8 Å². The van der Waals surface area contributed by atoms with E-state index in [1.54, 1.807) is 6.20 Å². The summed E-state index contributed by atoms with van der Waals surface area (Å²) in [7, 11) is 0. The van der Waals surface area contributed by atoms with E-state index in [-0.39, 0.29) is 0 Å². The van der Waals surface area contributed by atoms with Crippen molar-refractivity contribution in [3.05, 3.63) is 30.6 Å². The number of ether oxygens (including phenoxy) is 1. The van der Waals surface area contributed by atoms with Gasteiger partial charge in [0.05, 0.1) is 13.2 Å². The van der Waals surface area contributed by atoms with Gasteiger partial charge in [0.2, 0.25) is 0 Å². The molecule has 5 nitrogen and oxygen atoms in total. The Hall–Kier alpha value is -1.85. The number of pyridine rings is 1. The fourth-order valence-corrected chi connectivity index (χ4v) is 2.72. The maximum Gasteiger partial charge on any atom is 0.0594 e. The summed E-state index contributed by atoms with van der Waals surface area (Å²) in [5, 5.41) is 5.65. The maximum atomic E-state index is 6.00. The molecular weight excluding hydrogens is 264 g/mol. The molecule has 5 heteroatoms. The number of nitrogen functional groups attached to an aromatic ring is 1. The highest BCUT2D eigenvalue weighted by Crippen LogP contribution is 2.27. The monoisotopic (exact) mass is 286 g/mol. The summed E-state index contributed by atoms with van der Waals surface area (Å²) in [6.45, 7) is 5.89. The van der Waals surface area contributed by atoms with Crippen LogP contribution in [0.2, 0.25) is 0 Å². The van der Waals surface area contributed by atoms with Crippen LogP contribution in [0, 0.1) is 0 Å². The van der Waals surface area contributed by atoms with Gasteiger partial charge >= 0.3 is 0 Å². The fraction of sp³-hybridized carbons (Fsp3) is 0.438. The second-order valence-corrected chi connectivity index (χ2v) is 5.36. The Kier molecular flexibility index (Phi) is 4.52. The molecule has 0 bridgehead atoms. The lowest BCUT2D eigenvalue weighted by Crippen LogP contribution is -2.37. The first-order valence-corrected chi connectivity index (χ1v) is 7.51. The van der Waals surface area contributed by atoms with Crippen molar-refractivity contribution in [2.24, 2.45) is 0 Å². The lowest BCUT2D eigenvalue weighted by atomic mass is 10.1. The molecule has 0 aliphatic carbocycles. The highest BCUT2D eigenvalue weighted by atomic mass is 16.5. The van der Waals surface area contributed by atoms with Gasteiger partial charge in [-0.3, -0.25) is 9.88 Å². The number of nitrogens with zero attached hydrogens (tertiary/aromatic N) is 2. The molecule has 3 rings (SSSR count). The fourth-order valence-electron chi connectivity index (χ4n) is 2.72. The maximum absolute atomic E-state index is 6.00. The van der Waals surface area contributed by atoms with E-state index < -0.39 is 0 Å². The molecule has 1 aromatic carbocycles. The summed E-state index contributed by atoms with van der Waals surface area (Å²) >= 11 is 0. The Bertz CT molecular complexity index is 596. The molecule has 21 heavy (non-hydrogen) atoms. The lowest BCUT2D eigenvalue weighted by molar-refractivity contribution is 0.0378. The highest BCUT2D eigenvalue weighted by molar-refractivity contribution is 6.00. The van der Waals surface area contributed by atoms with Gasteiger partial charge in [0, 0.05) is 54.2 Å². The predicted octanol–water partition coefficient (Wildman–Crippen LogP) is 1.95. The van der Waals surface area contributed by atoms with E-state index >= 15 is 0 Å². The third-order valence-corrected chi connectivity index (χ3v) is 3.92. The van der Waals surface area contributed by atoms with Crippen LogP contribution in [0.1, 0.15) is 6.42 Å². The van der Waals surface area contributed by atoms with Crippen molar-refractivity contribution in [2.75, 3.05) is 50.4 Å². The third-order valence-electron chi connectivity index (χ3n) is 3.92. The topological polar surface area (TPSA) is 63.4 Å². The lowest BCUT2D eigenvalue weighted by Gasteiger charge is -2.26. The van der Waals surface area contributed by atoms with E-state index in [0.29, 0.717) is 0 Å². The number of hydrogen-bond donors (Lipinski definition) is 2. The molecule has 0 unspecified atom stereocenters. The van der Waals surface area contributed by atoms with Crippen LogP contribution in [-0.4, -0.2) is 49.3 Å². The predicted molar refractivity (Wildman–Crippen MR) is 86.5 cm³/mol. The van der Waals surface area contributed by atoms with Gasteiger partial charge in [-0.15, -0.1) is 0 Å². The summed E-state index contributed by atoms with van der Waals surface area (Å²) in [6.07, 6.45) is 4.77. The van der Waals surface area contributed by atoms with Crippen LogP contribution in [0.4, 0.5) is 11.4 Å². The van der Waals surface area contributed by atoms with Gasteiger partial charge in [-0.2, -0.15) is 0 Å². The summed E-state index contributed by atoms with van der Waals surface area (Å²) in [5.74, 6) is 0. The molecule has 1 fully saturated rings. The van der Waals surface area contributed by atoms with Crippen molar-refractivity contribution in [3.8, 4) is 0 Å². The third kappa shape index (κ3) is 3.43. The molecule has 1 aliphatic rings. The van der Waals surface area contributed by atoms with Gasteiger partial charge in [-0.1, -0.05) is 0 Å². The zero-order valence-electron chi connectivity index (χ0n) is 12.2. The minimum absolute atomic E-state index is 0.797. The van der Waals surface area contributed by atoms with Gasteiger partial charge in [-0.25, -0.2) is 0 Å². The van der Waals surface area contributed by atoms with Gasteiger partial charge < -0.3 is 15.8 Å². The number of hydrogen-bond acceptors (Lipinski definition) is 5. The molecule has 3 N–H and O–H groups in total. The molecular formula is C16H22N4O. The molecule has 2 heterocycles. The summed E-state index contributed by atoms with van der Waals surface area (Å²) in [4.78, 5) is 6.65. The molecule has 0 amide bonds. The molecule has 0 saturated carbocycles. The van der Waals surface area contributed by atoms with Crippen molar-refractivity contribution in [2.45, 2.75) is 6.42 Å². The average molecular weight is 286 g/mol. The standard InChI is InChI=1S/C16H22N4O/c17-15-2-3-16(14-12-18-6-4-13(14)15)19-5-1-7-20-8-10-21-11-9-20/h2-4,6,12,19H,1,5,7-11,17H2. The van der Waals surface area contributed by atoms with E-state index in [1.807, 2.05) is 24.4 Å².